The summed E-state index contributed by atoms with van der Waals surface area (Å²) in [7, 11) is -3.55. The van der Waals surface area contributed by atoms with Crippen LogP contribution in [0.5, 0.6) is 11.5 Å². The van der Waals surface area contributed by atoms with Gasteiger partial charge in [-0.05, 0) is 48.7 Å². The number of sulfonamides is 1. The SMILES string of the molecule is Cc1ccc(C)c(S(=O)(=O)NCc2ccc3c(c2)OCCO3)c1. The summed E-state index contributed by atoms with van der Waals surface area (Å²) in [4.78, 5) is 0.315. The number of hydrogen-bond acceptors (Lipinski definition) is 4. The van der Waals surface area contributed by atoms with Crippen LogP contribution in [0.3, 0.4) is 0 Å². The number of aryl methyl sites for hydroxylation is 2. The molecule has 1 aliphatic heterocycles. The smallest absolute Gasteiger partial charge is 0.241 e. The summed E-state index contributed by atoms with van der Waals surface area (Å²) in [5.41, 5.74) is 2.46. The molecule has 0 aliphatic carbocycles. The summed E-state index contributed by atoms with van der Waals surface area (Å²) < 4.78 is 38.6. The molecular weight excluding hydrogens is 314 g/mol. The van der Waals surface area contributed by atoms with Crippen molar-refractivity contribution in [3.05, 3.63) is 53.1 Å². The summed E-state index contributed by atoms with van der Waals surface area (Å²) in [5, 5.41) is 0. The van der Waals surface area contributed by atoms with Gasteiger partial charge in [0.2, 0.25) is 10.0 Å². The second-order valence-electron chi connectivity index (χ2n) is 5.57. The average Bonchev–Trinajstić information content (AvgIpc) is 2.55. The second kappa shape index (κ2) is 6.22. The molecule has 0 saturated carbocycles. The van der Waals surface area contributed by atoms with Crippen LogP contribution < -0.4 is 14.2 Å². The number of rotatable bonds is 4. The Labute approximate surface area is 136 Å². The monoisotopic (exact) mass is 333 g/mol. The maximum atomic E-state index is 12.5. The van der Waals surface area contributed by atoms with Crippen LogP contribution in [0.2, 0.25) is 0 Å². The molecule has 1 N–H and O–H groups in total. The van der Waals surface area contributed by atoms with Crippen molar-refractivity contribution in [2.45, 2.75) is 25.3 Å². The van der Waals surface area contributed by atoms with Gasteiger partial charge in [-0.2, -0.15) is 0 Å². The summed E-state index contributed by atoms with van der Waals surface area (Å²) in [6.07, 6.45) is 0. The molecule has 6 heteroatoms. The third-order valence-electron chi connectivity index (χ3n) is 3.71. The molecule has 5 nitrogen and oxygen atoms in total. The second-order valence-corrected chi connectivity index (χ2v) is 7.31. The maximum absolute atomic E-state index is 12.5. The Kier molecular flexibility index (Phi) is 4.28. The predicted octanol–water partition coefficient (Wildman–Crippen LogP) is 2.55. The normalized spacial score (nSPS) is 13.8. The van der Waals surface area contributed by atoms with E-state index in [1.807, 2.05) is 25.1 Å². The third-order valence-corrected chi connectivity index (χ3v) is 5.25. The first kappa shape index (κ1) is 15.8. The third kappa shape index (κ3) is 3.48. The van der Waals surface area contributed by atoms with E-state index in [0.717, 1.165) is 16.7 Å². The average molecular weight is 333 g/mol. The van der Waals surface area contributed by atoms with E-state index in [2.05, 4.69) is 4.72 Å². The Morgan fingerprint density at radius 1 is 1.00 bits per heavy atom. The molecule has 0 spiro atoms. The van der Waals surface area contributed by atoms with Crippen molar-refractivity contribution in [2.75, 3.05) is 13.2 Å². The zero-order chi connectivity index (χ0) is 16.4. The van der Waals surface area contributed by atoms with Crippen LogP contribution in [0.25, 0.3) is 0 Å². The minimum absolute atomic E-state index is 0.201. The predicted molar refractivity (Wildman–Crippen MR) is 87.4 cm³/mol. The van der Waals surface area contributed by atoms with Gasteiger partial charge in [-0.25, -0.2) is 13.1 Å². The van der Waals surface area contributed by atoms with Crippen LogP contribution in [0.15, 0.2) is 41.3 Å². The van der Waals surface area contributed by atoms with E-state index in [1.54, 1.807) is 25.1 Å². The lowest BCUT2D eigenvalue weighted by atomic mass is 10.2. The Morgan fingerprint density at radius 2 is 1.74 bits per heavy atom. The van der Waals surface area contributed by atoms with Gasteiger partial charge in [0.25, 0.3) is 0 Å². The number of hydrogen-bond donors (Lipinski definition) is 1. The molecule has 23 heavy (non-hydrogen) atoms. The van der Waals surface area contributed by atoms with Crippen molar-refractivity contribution in [1.82, 2.24) is 4.72 Å². The van der Waals surface area contributed by atoms with E-state index in [-0.39, 0.29) is 6.54 Å². The first-order valence-corrected chi connectivity index (χ1v) is 8.89. The molecule has 0 radical (unpaired) electrons. The van der Waals surface area contributed by atoms with Crippen LogP contribution in [0.4, 0.5) is 0 Å². The molecule has 0 saturated heterocycles. The molecule has 2 aromatic carbocycles. The highest BCUT2D eigenvalue weighted by molar-refractivity contribution is 7.89. The van der Waals surface area contributed by atoms with Gasteiger partial charge in [-0.1, -0.05) is 18.2 Å². The van der Waals surface area contributed by atoms with Gasteiger partial charge < -0.3 is 9.47 Å². The fourth-order valence-electron chi connectivity index (χ4n) is 2.45. The van der Waals surface area contributed by atoms with E-state index < -0.39 is 10.0 Å². The zero-order valence-corrected chi connectivity index (χ0v) is 13.9. The molecule has 3 rings (SSSR count). The molecule has 0 bridgehead atoms. The molecule has 0 unspecified atom stereocenters. The largest absolute Gasteiger partial charge is 0.486 e. The van der Waals surface area contributed by atoms with Crippen molar-refractivity contribution >= 4 is 10.0 Å². The molecule has 1 aliphatic rings. The van der Waals surface area contributed by atoms with Crippen molar-refractivity contribution in [2.24, 2.45) is 0 Å². The lowest BCUT2D eigenvalue weighted by molar-refractivity contribution is 0.171. The van der Waals surface area contributed by atoms with Crippen molar-refractivity contribution in [1.29, 1.82) is 0 Å². The van der Waals surface area contributed by atoms with E-state index in [0.29, 0.717) is 29.6 Å². The highest BCUT2D eigenvalue weighted by Crippen LogP contribution is 2.30. The van der Waals surface area contributed by atoms with Gasteiger partial charge in [-0.3, -0.25) is 0 Å². The summed E-state index contributed by atoms with van der Waals surface area (Å²) in [5.74, 6) is 1.34. The molecule has 0 amide bonds. The highest BCUT2D eigenvalue weighted by Gasteiger charge is 2.17. The number of ether oxygens (including phenoxy) is 2. The number of fused-ring (bicyclic) bond motifs is 1. The Morgan fingerprint density at radius 3 is 2.52 bits per heavy atom. The van der Waals surface area contributed by atoms with Crippen LogP contribution in [0.1, 0.15) is 16.7 Å². The van der Waals surface area contributed by atoms with E-state index in [1.165, 1.54) is 0 Å². The standard InChI is InChI=1S/C17H19NO4S/c1-12-3-4-13(2)17(9-12)23(19,20)18-11-14-5-6-15-16(10-14)22-8-7-21-15/h3-6,9-10,18H,7-8,11H2,1-2H3. The van der Waals surface area contributed by atoms with Crippen LogP contribution >= 0.6 is 0 Å². The zero-order valence-electron chi connectivity index (χ0n) is 13.1. The quantitative estimate of drug-likeness (QED) is 0.934. The molecule has 0 aromatic heterocycles. The van der Waals surface area contributed by atoms with Gasteiger partial charge in [0.1, 0.15) is 13.2 Å². The van der Waals surface area contributed by atoms with Gasteiger partial charge >= 0.3 is 0 Å². The Hall–Kier alpha value is -2.05. The molecule has 0 fully saturated rings. The van der Waals surface area contributed by atoms with E-state index >= 15 is 0 Å². The van der Waals surface area contributed by atoms with Gasteiger partial charge in [0.15, 0.2) is 11.5 Å². The van der Waals surface area contributed by atoms with Crippen molar-refractivity contribution < 1.29 is 17.9 Å². The summed E-state index contributed by atoms with van der Waals surface area (Å²) >= 11 is 0. The van der Waals surface area contributed by atoms with Crippen molar-refractivity contribution in [3.63, 3.8) is 0 Å². The molecule has 122 valence electrons. The molecule has 2 aromatic rings. The van der Waals surface area contributed by atoms with Gasteiger partial charge in [0, 0.05) is 6.54 Å². The van der Waals surface area contributed by atoms with Crippen molar-refractivity contribution in [3.8, 4) is 11.5 Å². The summed E-state index contributed by atoms with van der Waals surface area (Å²) in [6.45, 7) is 4.90. The number of nitrogens with one attached hydrogen (secondary N) is 1. The number of benzene rings is 2. The lowest BCUT2D eigenvalue weighted by Crippen LogP contribution is -2.24. The Bertz CT molecular complexity index is 830. The lowest BCUT2D eigenvalue weighted by Gasteiger charge is -2.19. The fourth-order valence-corrected chi connectivity index (χ4v) is 3.80. The highest BCUT2D eigenvalue weighted by atomic mass is 32.2. The molecular formula is C17H19NO4S. The summed E-state index contributed by atoms with van der Waals surface area (Å²) in [6, 6.07) is 10.8. The Balaban J connectivity index is 1.78. The molecule has 1 heterocycles. The van der Waals surface area contributed by atoms with E-state index in [9.17, 15) is 8.42 Å². The minimum Gasteiger partial charge on any atom is -0.486 e. The topological polar surface area (TPSA) is 64.6 Å². The fraction of sp³-hybridized carbons (Fsp3) is 0.294. The first-order valence-electron chi connectivity index (χ1n) is 7.41. The van der Waals surface area contributed by atoms with Gasteiger partial charge in [-0.15, -0.1) is 0 Å². The first-order chi connectivity index (χ1) is 11.0. The van der Waals surface area contributed by atoms with Crippen LogP contribution in [-0.4, -0.2) is 21.6 Å². The van der Waals surface area contributed by atoms with Gasteiger partial charge in [0.05, 0.1) is 4.90 Å². The molecule has 0 atom stereocenters. The maximum Gasteiger partial charge on any atom is 0.241 e. The van der Waals surface area contributed by atoms with E-state index in [4.69, 9.17) is 9.47 Å². The van der Waals surface area contributed by atoms with Crippen LogP contribution in [0, 0.1) is 13.8 Å². The minimum atomic E-state index is -3.55. The van der Waals surface area contributed by atoms with Crippen LogP contribution in [-0.2, 0) is 16.6 Å².